The highest BCUT2D eigenvalue weighted by Crippen LogP contribution is 2.41. The summed E-state index contributed by atoms with van der Waals surface area (Å²) in [5.74, 6) is 1.88. The number of aromatic hydroxyl groups is 1. The molecule has 7 heteroatoms. The first-order valence-electron chi connectivity index (χ1n) is 8.77. The smallest absolute Gasteiger partial charge is 0.231 e. The zero-order chi connectivity index (χ0) is 20.4. The van der Waals surface area contributed by atoms with Gasteiger partial charge >= 0.3 is 0 Å². The maximum absolute atomic E-state index is 12.8. The summed E-state index contributed by atoms with van der Waals surface area (Å²) in [6, 6.07) is 6.57. The van der Waals surface area contributed by atoms with Gasteiger partial charge in [0.2, 0.25) is 11.5 Å². The van der Waals surface area contributed by atoms with Crippen LogP contribution in [0.1, 0.15) is 21.5 Å². The Balaban J connectivity index is 2.04. The van der Waals surface area contributed by atoms with E-state index in [-0.39, 0.29) is 17.3 Å². The van der Waals surface area contributed by atoms with E-state index < -0.39 is 0 Å². The second kappa shape index (κ2) is 7.82. The Labute approximate surface area is 163 Å². The molecule has 28 heavy (non-hydrogen) atoms. The van der Waals surface area contributed by atoms with E-state index in [1.165, 1.54) is 27.4 Å². The average Bonchev–Trinajstić information content (AvgIpc) is 2.98. The number of hydrogen-bond acceptors (Lipinski definition) is 6. The van der Waals surface area contributed by atoms with Crippen LogP contribution in [0.25, 0.3) is 6.08 Å². The molecule has 2 aromatic carbocycles. The third-order valence-corrected chi connectivity index (χ3v) is 4.43. The average molecular weight is 386 g/mol. The van der Waals surface area contributed by atoms with E-state index in [0.29, 0.717) is 46.2 Å². The van der Waals surface area contributed by atoms with Gasteiger partial charge in [0.25, 0.3) is 0 Å². The Morgan fingerprint density at radius 1 is 1.07 bits per heavy atom. The molecule has 0 bridgehead atoms. The number of hydrogen-bond donors (Lipinski definition) is 2. The Kier molecular flexibility index (Phi) is 5.46. The van der Waals surface area contributed by atoms with E-state index in [9.17, 15) is 9.90 Å². The zero-order valence-electron chi connectivity index (χ0n) is 16.6. The van der Waals surface area contributed by atoms with Gasteiger partial charge in [-0.25, -0.2) is 0 Å². The van der Waals surface area contributed by atoms with Crippen molar-refractivity contribution in [1.82, 2.24) is 0 Å². The first kappa shape index (κ1) is 19.6. The number of methoxy groups -OCH3 is 3. The first-order chi connectivity index (χ1) is 13.4. The Hall–Kier alpha value is -3.19. The SMILES string of the molecule is COc1cc(/C=C2\Oc3c(ccc(O)c3C[NH+](C)C)C2=O)cc(OC)c1OC. The largest absolute Gasteiger partial charge is 0.507 e. The lowest BCUT2D eigenvalue weighted by Gasteiger charge is -2.13. The van der Waals surface area contributed by atoms with Crippen molar-refractivity contribution in [2.45, 2.75) is 6.54 Å². The van der Waals surface area contributed by atoms with Crippen LogP contribution in [0.4, 0.5) is 0 Å². The minimum absolute atomic E-state index is 0.113. The number of quaternary nitrogens is 1. The van der Waals surface area contributed by atoms with Crippen molar-refractivity contribution >= 4 is 11.9 Å². The molecule has 0 radical (unpaired) electrons. The third kappa shape index (κ3) is 3.48. The van der Waals surface area contributed by atoms with Crippen molar-refractivity contribution < 1.29 is 33.7 Å². The van der Waals surface area contributed by atoms with E-state index in [2.05, 4.69) is 0 Å². The molecule has 1 heterocycles. The highest BCUT2D eigenvalue weighted by Gasteiger charge is 2.32. The first-order valence-corrected chi connectivity index (χ1v) is 8.77. The molecular weight excluding hydrogens is 362 g/mol. The molecule has 2 aromatic rings. The Bertz CT molecular complexity index is 923. The molecule has 0 amide bonds. The minimum atomic E-state index is -0.237. The van der Waals surface area contributed by atoms with Crippen molar-refractivity contribution in [3.05, 3.63) is 46.7 Å². The van der Waals surface area contributed by atoms with Crippen molar-refractivity contribution in [3.63, 3.8) is 0 Å². The molecule has 2 N–H and O–H groups in total. The van der Waals surface area contributed by atoms with Crippen molar-refractivity contribution in [3.8, 4) is 28.7 Å². The summed E-state index contributed by atoms with van der Waals surface area (Å²) in [5, 5.41) is 10.2. The van der Waals surface area contributed by atoms with Crippen LogP contribution < -0.4 is 23.8 Å². The van der Waals surface area contributed by atoms with Crippen LogP contribution in [0.15, 0.2) is 30.0 Å². The van der Waals surface area contributed by atoms with Crippen LogP contribution in [0.5, 0.6) is 28.7 Å². The maximum atomic E-state index is 12.8. The Morgan fingerprint density at radius 2 is 1.71 bits per heavy atom. The monoisotopic (exact) mass is 386 g/mol. The summed E-state index contributed by atoms with van der Waals surface area (Å²) < 4.78 is 21.9. The van der Waals surface area contributed by atoms with Crippen molar-refractivity contribution in [2.24, 2.45) is 0 Å². The topological polar surface area (TPSA) is 78.7 Å². The predicted molar refractivity (Wildman–Crippen MR) is 104 cm³/mol. The van der Waals surface area contributed by atoms with Crippen LogP contribution in [-0.2, 0) is 6.54 Å². The number of allylic oxidation sites excluding steroid dienone is 1. The van der Waals surface area contributed by atoms with E-state index >= 15 is 0 Å². The minimum Gasteiger partial charge on any atom is -0.507 e. The molecule has 3 rings (SSSR count). The number of phenols is 1. The summed E-state index contributed by atoms with van der Waals surface area (Å²) in [6.07, 6.45) is 1.62. The van der Waals surface area contributed by atoms with Crippen LogP contribution in [-0.4, -0.2) is 46.3 Å². The fraction of sp³-hybridized carbons (Fsp3) is 0.286. The molecule has 148 valence electrons. The molecule has 0 aliphatic carbocycles. The number of fused-ring (bicyclic) bond motifs is 1. The number of benzene rings is 2. The summed E-state index contributed by atoms with van der Waals surface area (Å²) in [7, 11) is 8.50. The highest BCUT2D eigenvalue weighted by molar-refractivity contribution is 6.15. The van der Waals surface area contributed by atoms with Gasteiger partial charge in [-0.15, -0.1) is 0 Å². The molecule has 1 aliphatic rings. The van der Waals surface area contributed by atoms with Crippen LogP contribution in [0.2, 0.25) is 0 Å². The zero-order valence-corrected chi connectivity index (χ0v) is 16.6. The Morgan fingerprint density at radius 3 is 2.25 bits per heavy atom. The van der Waals surface area contributed by atoms with Gasteiger partial charge in [0.1, 0.15) is 12.3 Å². The van der Waals surface area contributed by atoms with E-state index in [1.54, 1.807) is 24.3 Å². The van der Waals surface area contributed by atoms with Gasteiger partial charge in [-0.05, 0) is 35.9 Å². The van der Waals surface area contributed by atoms with Crippen molar-refractivity contribution in [1.29, 1.82) is 0 Å². The summed E-state index contributed by atoms with van der Waals surface area (Å²) >= 11 is 0. The molecule has 7 nitrogen and oxygen atoms in total. The molecular formula is C21H24NO6+. The van der Waals surface area contributed by atoms with Gasteiger partial charge < -0.3 is 29.0 Å². The third-order valence-electron chi connectivity index (χ3n) is 4.43. The lowest BCUT2D eigenvalue weighted by atomic mass is 10.0. The fourth-order valence-corrected chi connectivity index (χ4v) is 3.16. The second-order valence-electron chi connectivity index (χ2n) is 6.72. The van der Waals surface area contributed by atoms with Crippen LogP contribution in [0, 0.1) is 0 Å². The summed E-state index contributed by atoms with van der Waals surface area (Å²) in [4.78, 5) is 13.9. The number of phenolic OH excluding ortho intramolecular Hbond substituents is 1. The molecule has 0 unspecified atom stereocenters. The standard InChI is InChI=1S/C21H23NO6/c1-22(2)11-14-15(23)7-6-13-19(24)16(28-20(13)14)8-12-9-17(25-3)21(27-5)18(10-12)26-4/h6-10,23H,11H2,1-5H3/p+1/b16-8-. The summed E-state index contributed by atoms with van der Waals surface area (Å²) in [5.41, 5.74) is 1.71. The number of rotatable bonds is 6. The van der Waals surface area contributed by atoms with E-state index in [4.69, 9.17) is 18.9 Å². The van der Waals surface area contributed by atoms with Gasteiger partial charge in [-0.1, -0.05) is 0 Å². The van der Waals surface area contributed by atoms with Gasteiger partial charge in [0, 0.05) is 0 Å². The molecule has 0 saturated heterocycles. The number of carbonyl (C=O) groups is 1. The highest BCUT2D eigenvalue weighted by atomic mass is 16.5. The van der Waals surface area contributed by atoms with E-state index in [1.807, 2.05) is 14.1 Å². The predicted octanol–water partition coefficient (Wildman–Crippen LogP) is 1.68. The molecule has 1 aliphatic heterocycles. The molecule has 0 aromatic heterocycles. The number of ether oxygens (including phenoxy) is 4. The summed E-state index contributed by atoms with van der Waals surface area (Å²) in [6.45, 7) is 0.528. The second-order valence-corrected chi connectivity index (χ2v) is 6.72. The number of ketones is 1. The molecule has 0 saturated carbocycles. The number of nitrogens with one attached hydrogen (secondary N) is 1. The lowest BCUT2D eigenvalue weighted by Crippen LogP contribution is -3.04. The number of Topliss-reactive ketones (excluding diaryl/α,β-unsaturated/α-hetero) is 1. The van der Waals surface area contributed by atoms with Gasteiger partial charge in [-0.3, -0.25) is 4.79 Å². The van der Waals surface area contributed by atoms with E-state index in [0.717, 1.165) is 4.90 Å². The quantitative estimate of drug-likeness (QED) is 0.736. The molecule has 0 atom stereocenters. The molecule has 0 fully saturated rings. The number of carbonyl (C=O) groups excluding carboxylic acids is 1. The van der Waals surface area contributed by atoms with Crippen LogP contribution in [0.3, 0.4) is 0 Å². The fourth-order valence-electron chi connectivity index (χ4n) is 3.16. The lowest BCUT2D eigenvalue weighted by molar-refractivity contribution is -0.872. The van der Waals surface area contributed by atoms with Gasteiger partial charge in [-0.2, -0.15) is 0 Å². The van der Waals surface area contributed by atoms with Gasteiger partial charge in [0.15, 0.2) is 23.0 Å². The van der Waals surface area contributed by atoms with Gasteiger partial charge in [0.05, 0.1) is 46.6 Å². The van der Waals surface area contributed by atoms with Crippen molar-refractivity contribution in [2.75, 3.05) is 35.4 Å². The normalized spacial score (nSPS) is 14.2. The van der Waals surface area contributed by atoms with Crippen LogP contribution >= 0.6 is 0 Å². The molecule has 0 spiro atoms. The maximum Gasteiger partial charge on any atom is 0.231 e.